The van der Waals surface area contributed by atoms with Gasteiger partial charge in [0.05, 0.1) is 0 Å². The van der Waals surface area contributed by atoms with Crippen LogP contribution in [-0.2, 0) is 6.42 Å². The Morgan fingerprint density at radius 1 is 1.19 bits per heavy atom. The smallest absolute Gasteiger partial charge is 0.273 e. The van der Waals surface area contributed by atoms with Crippen LogP contribution in [0, 0.1) is 12.8 Å². The summed E-state index contributed by atoms with van der Waals surface area (Å²) in [5.74, 6) is 1.30. The van der Waals surface area contributed by atoms with Gasteiger partial charge in [-0.1, -0.05) is 30.3 Å². The Kier molecular flexibility index (Phi) is 3.99. The molecule has 3 rings (SSSR count). The number of aromatic nitrogens is 3. The molecule has 1 aromatic heterocycles. The van der Waals surface area contributed by atoms with E-state index in [1.807, 2.05) is 0 Å². The van der Waals surface area contributed by atoms with Crippen LogP contribution >= 0.6 is 0 Å². The third kappa shape index (κ3) is 3.29. The number of anilines is 1. The zero-order valence-electron chi connectivity index (χ0n) is 12.2. The molecule has 1 aliphatic heterocycles. The van der Waals surface area contributed by atoms with Crippen LogP contribution in [0.15, 0.2) is 35.1 Å². The lowest BCUT2D eigenvalue weighted by Crippen LogP contribution is -2.37. The lowest BCUT2D eigenvalue weighted by atomic mass is 9.90. The van der Waals surface area contributed by atoms with E-state index in [0.29, 0.717) is 17.6 Å². The van der Waals surface area contributed by atoms with Gasteiger partial charge in [0.1, 0.15) is 5.69 Å². The second-order valence-electron chi connectivity index (χ2n) is 5.68. The number of hydrogen-bond acceptors (Lipinski definition) is 4. The van der Waals surface area contributed by atoms with Gasteiger partial charge in [0.2, 0.25) is 5.95 Å². The van der Waals surface area contributed by atoms with Crippen molar-refractivity contribution in [3.05, 3.63) is 51.9 Å². The van der Waals surface area contributed by atoms with E-state index in [4.69, 9.17) is 0 Å². The molecular formula is C16H20N4O. The quantitative estimate of drug-likeness (QED) is 0.935. The van der Waals surface area contributed by atoms with Crippen LogP contribution in [0.3, 0.4) is 0 Å². The van der Waals surface area contributed by atoms with Crippen molar-refractivity contribution in [2.45, 2.75) is 26.2 Å². The van der Waals surface area contributed by atoms with E-state index >= 15 is 0 Å². The number of aromatic amines is 1. The molecule has 5 heteroatoms. The van der Waals surface area contributed by atoms with Gasteiger partial charge in [0, 0.05) is 13.1 Å². The Hall–Kier alpha value is -2.17. The first-order valence-corrected chi connectivity index (χ1v) is 7.45. The SMILES string of the molecule is Cc1nnc(N2CCC(Cc3ccccc3)CC2)[nH]c1=O. The van der Waals surface area contributed by atoms with Gasteiger partial charge in [0.15, 0.2) is 0 Å². The average molecular weight is 284 g/mol. The number of H-pyrrole nitrogens is 1. The lowest BCUT2D eigenvalue weighted by Gasteiger charge is -2.32. The summed E-state index contributed by atoms with van der Waals surface area (Å²) in [6.07, 6.45) is 3.36. The largest absolute Gasteiger partial charge is 0.341 e. The second kappa shape index (κ2) is 6.08. The number of piperidine rings is 1. The van der Waals surface area contributed by atoms with Gasteiger partial charge in [-0.05, 0) is 37.7 Å². The van der Waals surface area contributed by atoms with Crippen molar-refractivity contribution in [2.24, 2.45) is 5.92 Å². The normalized spacial score (nSPS) is 16.1. The molecule has 2 aromatic rings. The van der Waals surface area contributed by atoms with Gasteiger partial charge in [-0.15, -0.1) is 10.2 Å². The number of benzene rings is 1. The van der Waals surface area contributed by atoms with Gasteiger partial charge in [0.25, 0.3) is 5.56 Å². The van der Waals surface area contributed by atoms with Crippen LogP contribution in [0.4, 0.5) is 5.95 Å². The van der Waals surface area contributed by atoms with Crippen molar-refractivity contribution >= 4 is 5.95 Å². The Morgan fingerprint density at radius 3 is 2.57 bits per heavy atom. The molecule has 2 heterocycles. The molecule has 5 nitrogen and oxygen atoms in total. The van der Waals surface area contributed by atoms with Crippen LogP contribution in [0.5, 0.6) is 0 Å². The van der Waals surface area contributed by atoms with Gasteiger partial charge >= 0.3 is 0 Å². The predicted molar refractivity (Wildman–Crippen MR) is 82.5 cm³/mol. The Balaban J connectivity index is 1.60. The molecule has 1 aliphatic rings. The fourth-order valence-electron chi connectivity index (χ4n) is 2.82. The maximum Gasteiger partial charge on any atom is 0.273 e. The zero-order chi connectivity index (χ0) is 14.7. The summed E-state index contributed by atoms with van der Waals surface area (Å²) in [5, 5.41) is 8.00. The number of nitrogens with zero attached hydrogens (tertiary/aromatic N) is 3. The fourth-order valence-corrected chi connectivity index (χ4v) is 2.82. The number of rotatable bonds is 3. The molecule has 0 amide bonds. The highest BCUT2D eigenvalue weighted by Crippen LogP contribution is 2.23. The average Bonchev–Trinajstić information content (AvgIpc) is 2.52. The Morgan fingerprint density at radius 2 is 1.90 bits per heavy atom. The topological polar surface area (TPSA) is 61.9 Å². The van der Waals surface area contributed by atoms with Crippen LogP contribution in [0.2, 0.25) is 0 Å². The van der Waals surface area contributed by atoms with Crippen LogP contribution < -0.4 is 10.5 Å². The highest BCUT2D eigenvalue weighted by Gasteiger charge is 2.21. The van der Waals surface area contributed by atoms with Crippen molar-refractivity contribution in [3.8, 4) is 0 Å². The highest BCUT2D eigenvalue weighted by molar-refractivity contribution is 5.28. The molecule has 21 heavy (non-hydrogen) atoms. The van der Waals surface area contributed by atoms with Crippen molar-refractivity contribution in [1.82, 2.24) is 15.2 Å². The van der Waals surface area contributed by atoms with E-state index in [1.54, 1.807) is 6.92 Å². The molecule has 0 unspecified atom stereocenters. The summed E-state index contributed by atoms with van der Waals surface area (Å²) in [6.45, 7) is 3.51. The molecule has 0 atom stereocenters. The fraction of sp³-hybridized carbons (Fsp3) is 0.438. The first-order chi connectivity index (χ1) is 10.2. The molecule has 1 aromatic carbocycles. The maximum absolute atomic E-state index is 11.6. The summed E-state index contributed by atoms with van der Waals surface area (Å²) < 4.78 is 0. The first kappa shape index (κ1) is 13.8. The minimum absolute atomic E-state index is 0.147. The zero-order valence-corrected chi connectivity index (χ0v) is 12.2. The summed E-state index contributed by atoms with van der Waals surface area (Å²) >= 11 is 0. The molecule has 1 fully saturated rings. The number of hydrogen-bond donors (Lipinski definition) is 1. The lowest BCUT2D eigenvalue weighted by molar-refractivity contribution is 0.399. The van der Waals surface area contributed by atoms with Crippen molar-refractivity contribution in [1.29, 1.82) is 0 Å². The summed E-state index contributed by atoms with van der Waals surface area (Å²) in [4.78, 5) is 16.5. The van der Waals surface area contributed by atoms with Crippen molar-refractivity contribution < 1.29 is 0 Å². The minimum atomic E-state index is -0.147. The summed E-state index contributed by atoms with van der Waals surface area (Å²) in [7, 11) is 0. The van der Waals surface area contributed by atoms with Gasteiger partial charge in [-0.25, -0.2) is 0 Å². The van der Waals surface area contributed by atoms with E-state index in [9.17, 15) is 4.79 Å². The van der Waals surface area contributed by atoms with Crippen LogP contribution in [0.1, 0.15) is 24.1 Å². The molecule has 0 spiro atoms. The summed E-state index contributed by atoms with van der Waals surface area (Å²) in [5.41, 5.74) is 1.67. The predicted octanol–water partition coefficient (Wildman–Crippen LogP) is 1.93. The van der Waals surface area contributed by atoms with Crippen LogP contribution in [0.25, 0.3) is 0 Å². The van der Waals surface area contributed by atoms with E-state index in [0.717, 1.165) is 32.4 Å². The third-order valence-corrected chi connectivity index (χ3v) is 4.13. The van der Waals surface area contributed by atoms with E-state index in [-0.39, 0.29) is 5.56 Å². The van der Waals surface area contributed by atoms with Gasteiger partial charge in [-0.2, -0.15) is 0 Å². The highest BCUT2D eigenvalue weighted by atomic mass is 16.1. The van der Waals surface area contributed by atoms with Gasteiger partial charge < -0.3 is 4.90 Å². The standard InChI is InChI=1S/C16H20N4O/c1-12-15(21)17-16(19-18-12)20-9-7-14(8-10-20)11-13-5-3-2-4-6-13/h2-6,14H,7-11H2,1H3,(H,17,19,21). The van der Waals surface area contributed by atoms with E-state index < -0.39 is 0 Å². The molecule has 0 aliphatic carbocycles. The molecule has 0 radical (unpaired) electrons. The third-order valence-electron chi connectivity index (χ3n) is 4.13. The molecule has 110 valence electrons. The molecule has 0 saturated carbocycles. The molecule has 1 N–H and O–H groups in total. The number of nitrogens with one attached hydrogen (secondary N) is 1. The van der Waals surface area contributed by atoms with Crippen molar-refractivity contribution in [3.63, 3.8) is 0 Å². The Labute approximate surface area is 124 Å². The van der Waals surface area contributed by atoms with Crippen LogP contribution in [-0.4, -0.2) is 28.3 Å². The molecule has 1 saturated heterocycles. The Bertz CT molecular complexity index is 645. The molecular weight excluding hydrogens is 264 g/mol. The monoisotopic (exact) mass is 284 g/mol. The van der Waals surface area contributed by atoms with E-state index in [1.165, 1.54) is 5.56 Å². The first-order valence-electron chi connectivity index (χ1n) is 7.45. The second-order valence-corrected chi connectivity index (χ2v) is 5.68. The molecule has 0 bridgehead atoms. The van der Waals surface area contributed by atoms with Crippen molar-refractivity contribution in [2.75, 3.05) is 18.0 Å². The van der Waals surface area contributed by atoms with E-state index in [2.05, 4.69) is 50.4 Å². The van der Waals surface area contributed by atoms with Gasteiger partial charge in [-0.3, -0.25) is 9.78 Å². The maximum atomic E-state index is 11.6. The number of aryl methyl sites for hydroxylation is 1. The summed E-state index contributed by atoms with van der Waals surface area (Å²) in [6, 6.07) is 10.6. The minimum Gasteiger partial charge on any atom is -0.341 e.